The van der Waals surface area contributed by atoms with E-state index in [2.05, 4.69) is 28.9 Å². The highest BCUT2D eigenvalue weighted by molar-refractivity contribution is 9.10. The molecule has 2 unspecified atom stereocenters. The van der Waals surface area contributed by atoms with Crippen LogP contribution in [0.25, 0.3) is 11.0 Å². The lowest BCUT2D eigenvalue weighted by atomic mass is 10.2. The van der Waals surface area contributed by atoms with E-state index in [1.165, 1.54) is 6.42 Å². The zero-order valence-electron chi connectivity index (χ0n) is 9.29. The number of hydrogen-bond acceptors (Lipinski definition) is 2. The van der Waals surface area contributed by atoms with Crippen LogP contribution in [0.3, 0.4) is 0 Å². The van der Waals surface area contributed by atoms with Crippen molar-refractivity contribution in [3.05, 3.63) is 28.4 Å². The topological polar surface area (TPSA) is 22.4 Å². The molecule has 0 N–H and O–H groups in total. The number of ether oxygens (including phenoxy) is 1. The lowest BCUT2D eigenvalue weighted by Crippen LogP contribution is -1.82. The van der Waals surface area contributed by atoms with E-state index in [1.807, 2.05) is 12.1 Å². The smallest absolute Gasteiger partial charge is 0.177 e. The van der Waals surface area contributed by atoms with Crippen molar-refractivity contribution in [1.29, 1.82) is 0 Å². The van der Waals surface area contributed by atoms with Crippen LogP contribution in [-0.2, 0) is 0 Å². The summed E-state index contributed by atoms with van der Waals surface area (Å²) in [5.41, 5.74) is 0.853. The Bertz CT molecular complexity index is 544. The Labute approximate surface area is 103 Å². The Kier molecular flexibility index (Phi) is 2.25. The number of halogens is 1. The van der Waals surface area contributed by atoms with Gasteiger partial charge in [0.15, 0.2) is 11.3 Å². The van der Waals surface area contributed by atoms with Crippen molar-refractivity contribution >= 4 is 26.9 Å². The van der Waals surface area contributed by atoms with Gasteiger partial charge < -0.3 is 9.15 Å². The molecular weight excluding hydrogens is 268 g/mol. The SMILES string of the molecule is COc1ccc(Br)c2cc(C3CC3C)oc12. The van der Waals surface area contributed by atoms with Crippen molar-refractivity contribution in [2.24, 2.45) is 5.92 Å². The molecule has 1 aliphatic carbocycles. The Hall–Kier alpha value is -0.960. The van der Waals surface area contributed by atoms with Crippen molar-refractivity contribution in [3.63, 3.8) is 0 Å². The van der Waals surface area contributed by atoms with Crippen LogP contribution in [0, 0.1) is 5.92 Å². The van der Waals surface area contributed by atoms with E-state index in [0.717, 1.165) is 32.9 Å². The fourth-order valence-corrected chi connectivity index (χ4v) is 2.57. The number of hydrogen-bond donors (Lipinski definition) is 0. The molecule has 1 aromatic carbocycles. The predicted octanol–water partition coefficient (Wildman–Crippen LogP) is 4.33. The van der Waals surface area contributed by atoms with Gasteiger partial charge in [0.05, 0.1) is 7.11 Å². The second kappa shape index (κ2) is 3.52. The maximum Gasteiger partial charge on any atom is 0.177 e. The molecule has 84 valence electrons. The molecule has 0 saturated heterocycles. The van der Waals surface area contributed by atoms with E-state index in [4.69, 9.17) is 9.15 Å². The molecule has 1 aliphatic rings. The molecule has 0 amide bonds. The Morgan fingerprint density at radius 2 is 2.19 bits per heavy atom. The Balaban J connectivity index is 2.18. The molecule has 0 radical (unpaired) electrons. The molecular formula is C13H13BrO2. The molecule has 1 heterocycles. The van der Waals surface area contributed by atoms with E-state index >= 15 is 0 Å². The predicted molar refractivity (Wildman–Crippen MR) is 67.0 cm³/mol. The summed E-state index contributed by atoms with van der Waals surface area (Å²) in [6.07, 6.45) is 1.24. The van der Waals surface area contributed by atoms with Gasteiger partial charge in [0.25, 0.3) is 0 Å². The average Bonchev–Trinajstić information content (AvgIpc) is 2.84. The van der Waals surface area contributed by atoms with Gasteiger partial charge in [0, 0.05) is 15.8 Å². The van der Waals surface area contributed by atoms with Crippen LogP contribution in [0.5, 0.6) is 5.75 Å². The van der Waals surface area contributed by atoms with Gasteiger partial charge in [0.1, 0.15) is 5.76 Å². The van der Waals surface area contributed by atoms with Gasteiger partial charge in [-0.05, 0) is 30.5 Å². The quantitative estimate of drug-likeness (QED) is 0.817. The lowest BCUT2D eigenvalue weighted by Gasteiger charge is -2.00. The molecule has 1 saturated carbocycles. The van der Waals surface area contributed by atoms with Gasteiger partial charge in [-0.2, -0.15) is 0 Å². The van der Waals surface area contributed by atoms with Crippen LogP contribution in [0.1, 0.15) is 25.0 Å². The minimum Gasteiger partial charge on any atom is -0.493 e. The molecule has 16 heavy (non-hydrogen) atoms. The summed E-state index contributed by atoms with van der Waals surface area (Å²) >= 11 is 3.54. The van der Waals surface area contributed by atoms with E-state index in [0.29, 0.717) is 5.92 Å². The van der Waals surface area contributed by atoms with Gasteiger partial charge in [-0.25, -0.2) is 0 Å². The van der Waals surface area contributed by atoms with Crippen LogP contribution in [0.4, 0.5) is 0 Å². The average molecular weight is 281 g/mol. The summed E-state index contributed by atoms with van der Waals surface area (Å²) in [4.78, 5) is 0. The monoisotopic (exact) mass is 280 g/mol. The van der Waals surface area contributed by atoms with E-state index in [1.54, 1.807) is 7.11 Å². The minimum absolute atomic E-state index is 0.601. The Morgan fingerprint density at radius 1 is 1.44 bits per heavy atom. The molecule has 0 bridgehead atoms. The first-order valence-corrected chi connectivity index (χ1v) is 6.26. The normalized spacial score (nSPS) is 23.7. The third-order valence-corrected chi connectivity index (χ3v) is 4.00. The molecule has 3 heteroatoms. The second-order valence-electron chi connectivity index (χ2n) is 4.46. The molecule has 2 nitrogen and oxygen atoms in total. The summed E-state index contributed by atoms with van der Waals surface area (Å²) in [7, 11) is 1.67. The zero-order valence-corrected chi connectivity index (χ0v) is 10.9. The molecule has 0 spiro atoms. The number of methoxy groups -OCH3 is 1. The maximum atomic E-state index is 5.91. The van der Waals surface area contributed by atoms with Crippen LogP contribution in [0.2, 0.25) is 0 Å². The highest BCUT2D eigenvalue weighted by Crippen LogP contribution is 2.49. The third-order valence-electron chi connectivity index (χ3n) is 3.31. The van der Waals surface area contributed by atoms with Gasteiger partial charge in [-0.15, -0.1) is 0 Å². The van der Waals surface area contributed by atoms with E-state index in [-0.39, 0.29) is 0 Å². The molecule has 1 fully saturated rings. The van der Waals surface area contributed by atoms with Crippen LogP contribution in [0.15, 0.2) is 27.1 Å². The van der Waals surface area contributed by atoms with Crippen molar-refractivity contribution in [3.8, 4) is 5.75 Å². The molecule has 3 rings (SSSR count). The van der Waals surface area contributed by atoms with Crippen molar-refractivity contribution in [1.82, 2.24) is 0 Å². The number of rotatable bonds is 2. The molecule has 1 aromatic heterocycles. The van der Waals surface area contributed by atoms with Gasteiger partial charge in [0.2, 0.25) is 0 Å². The molecule has 2 atom stereocenters. The van der Waals surface area contributed by atoms with Gasteiger partial charge in [-0.1, -0.05) is 22.9 Å². The number of fused-ring (bicyclic) bond motifs is 1. The summed E-state index contributed by atoms with van der Waals surface area (Å²) in [5.74, 6) is 3.25. The Morgan fingerprint density at radius 3 is 2.81 bits per heavy atom. The standard InChI is InChI=1S/C13H13BrO2/c1-7-5-8(7)12-6-9-10(14)3-4-11(15-2)13(9)16-12/h3-4,6-8H,5H2,1-2H3. The van der Waals surface area contributed by atoms with E-state index in [9.17, 15) is 0 Å². The van der Waals surface area contributed by atoms with Crippen LogP contribution >= 0.6 is 15.9 Å². The lowest BCUT2D eigenvalue weighted by molar-refractivity contribution is 0.407. The second-order valence-corrected chi connectivity index (χ2v) is 5.32. The summed E-state index contributed by atoms with van der Waals surface area (Å²) < 4.78 is 12.3. The molecule has 0 aliphatic heterocycles. The zero-order chi connectivity index (χ0) is 11.3. The third kappa shape index (κ3) is 1.46. The minimum atomic E-state index is 0.601. The van der Waals surface area contributed by atoms with Crippen molar-refractivity contribution in [2.45, 2.75) is 19.3 Å². The van der Waals surface area contributed by atoms with Crippen LogP contribution in [-0.4, -0.2) is 7.11 Å². The summed E-state index contributed by atoms with van der Waals surface area (Å²) in [5, 5.41) is 1.11. The first-order valence-electron chi connectivity index (χ1n) is 5.46. The van der Waals surface area contributed by atoms with Crippen molar-refractivity contribution in [2.75, 3.05) is 7.11 Å². The van der Waals surface area contributed by atoms with Crippen LogP contribution < -0.4 is 4.74 Å². The highest BCUT2D eigenvalue weighted by Gasteiger charge is 2.37. The van der Waals surface area contributed by atoms with Gasteiger partial charge >= 0.3 is 0 Å². The van der Waals surface area contributed by atoms with E-state index < -0.39 is 0 Å². The number of furan rings is 1. The fraction of sp³-hybridized carbons (Fsp3) is 0.385. The first-order chi connectivity index (χ1) is 7.70. The molecule has 2 aromatic rings. The largest absolute Gasteiger partial charge is 0.493 e. The first kappa shape index (κ1) is 10.2. The van der Waals surface area contributed by atoms with Crippen molar-refractivity contribution < 1.29 is 9.15 Å². The highest BCUT2D eigenvalue weighted by atomic mass is 79.9. The maximum absolute atomic E-state index is 5.91. The fourth-order valence-electron chi connectivity index (χ4n) is 2.15. The van der Waals surface area contributed by atoms with Gasteiger partial charge in [-0.3, -0.25) is 0 Å². The summed E-state index contributed by atoms with van der Waals surface area (Å²) in [6.45, 7) is 2.25. The number of benzene rings is 1. The summed E-state index contributed by atoms with van der Waals surface area (Å²) in [6, 6.07) is 6.06.